The van der Waals surface area contributed by atoms with Gasteiger partial charge in [0.15, 0.2) is 5.82 Å². The van der Waals surface area contributed by atoms with E-state index in [0.29, 0.717) is 6.42 Å². The van der Waals surface area contributed by atoms with Gasteiger partial charge in [-0.15, -0.1) is 11.3 Å². The Labute approximate surface area is 199 Å². The number of carbonyl (C=O) groups is 1. The molecule has 1 saturated heterocycles. The SMILES string of the molecule is O=C1CC[C@H](C#Cc2cc3ncnc(Nc4ccc5c(cnn5Cc5ccccc5)c4)c3s2)N1. The smallest absolute Gasteiger partial charge is 0.221 e. The molecule has 0 unspecified atom stereocenters. The van der Waals surface area contributed by atoms with Gasteiger partial charge in [0, 0.05) is 17.5 Å². The Morgan fingerprint density at radius 2 is 2.06 bits per heavy atom. The number of benzene rings is 2. The van der Waals surface area contributed by atoms with E-state index in [2.05, 4.69) is 61.8 Å². The number of nitrogens with one attached hydrogen (secondary N) is 2. The summed E-state index contributed by atoms with van der Waals surface area (Å²) in [6, 6.07) is 18.4. The van der Waals surface area contributed by atoms with Gasteiger partial charge in [-0.3, -0.25) is 9.48 Å². The van der Waals surface area contributed by atoms with E-state index in [0.717, 1.165) is 50.5 Å². The first-order valence-electron chi connectivity index (χ1n) is 11.0. The second-order valence-electron chi connectivity index (χ2n) is 8.16. The summed E-state index contributed by atoms with van der Waals surface area (Å²) in [6.07, 6.45) is 4.75. The molecule has 1 fully saturated rings. The van der Waals surface area contributed by atoms with Gasteiger partial charge in [0.25, 0.3) is 0 Å². The summed E-state index contributed by atoms with van der Waals surface area (Å²) in [7, 11) is 0. The fourth-order valence-electron chi connectivity index (χ4n) is 4.07. The summed E-state index contributed by atoms with van der Waals surface area (Å²) >= 11 is 1.55. The number of amides is 1. The number of fused-ring (bicyclic) bond motifs is 2. The maximum Gasteiger partial charge on any atom is 0.221 e. The van der Waals surface area contributed by atoms with Crippen LogP contribution in [0.4, 0.5) is 11.5 Å². The van der Waals surface area contributed by atoms with Crippen molar-refractivity contribution in [3.63, 3.8) is 0 Å². The van der Waals surface area contributed by atoms with Crippen molar-refractivity contribution >= 4 is 49.9 Å². The number of hydrogen-bond acceptors (Lipinski definition) is 6. The van der Waals surface area contributed by atoms with Crippen molar-refractivity contribution in [3.8, 4) is 11.8 Å². The largest absolute Gasteiger partial charge is 0.342 e. The van der Waals surface area contributed by atoms with Crippen LogP contribution in [0.1, 0.15) is 23.3 Å². The fraction of sp³-hybridized carbons (Fsp3) is 0.154. The van der Waals surface area contributed by atoms with Crippen LogP contribution in [0.25, 0.3) is 21.1 Å². The van der Waals surface area contributed by atoms with E-state index in [9.17, 15) is 4.79 Å². The number of anilines is 2. The fourth-order valence-corrected chi connectivity index (χ4v) is 4.99. The van der Waals surface area contributed by atoms with Gasteiger partial charge in [-0.25, -0.2) is 9.97 Å². The van der Waals surface area contributed by atoms with E-state index in [1.165, 1.54) is 5.56 Å². The molecule has 0 spiro atoms. The Balaban J connectivity index is 1.25. The van der Waals surface area contributed by atoms with Gasteiger partial charge in [-0.1, -0.05) is 42.2 Å². The Hall–Kier alpha value is -4.22. The first-order chi connectivity index (χ1) is 16.7. The normalized spacial score (nSPS) is 15.3. The van der Waals surface area contributed by atoms with Crippen molar-refractivity contribution in [2.45, 2.75) is 25.4 Å². The van der Waals surface area contributed by atoms with Crippen molar-refractivity contribution in [2.75, 3.05) is 5.32 Å². The van der Waals surface area contributed by atoms with Crippen LogP contribution in [0, 0.1) is 11.8 Å². The van der Waals surface area contributed by atoms with E-state index in [1.807, 2.05) is 41.2 Å². The first kappa shape index (κ1) is 20.4. The van der Waals surface area contributed by atoms with Crippen molar-refractivity contribution in [1.82, 2.24) is 25.1 Å². The van der Waals surface area contributed by atoms with Gasteiger partial charge in [-0.05, 0) is 36.2 Å². The van der Waals surface area contributed by atoms with Gasteiger partial charge in [-0.2, -0.15) is 5.10 Å². The summed E-state index contributed by atoms with van der Waals surface area (Å²) < 4.78 is 2.95. The molecule has 34 heavy (non-hydrogen) atoms. The van der Waals surface area contributed by atoms with E-state index < -0.39 is 0 Å². The van der Waals surface area contributed by atoms with Gasteiger partial charge in [0.2, 0.25) is 5.91 Å². The molecule has 1 atom stereocenters. The third-order valence-corrected chi connectivity index (χ3v) is 6.80. The molecule has 3 aromatic heterocycles. The van der Waals surface area contributed by atoms with Crippen molar-refractivity contribution in [2.24, 2.45) is 0 Å². The summed E-state index contributed by atoms with van der Waals surface area (Å²) in [5.41, 5.74) is 4.07. The van der Waals surface area contributed by atoms with Gasteiger partial charge in [0.1, 0.15) is 6.33 Å². The molecule has 2 N–H and O–H groups in total. The van der Waals surface area contributed by atoms with Crippen molar-refractivity contribution < 1.29 is 4.79 Å². The lowest BCUT2D eigenvalue weighted by atomic mass is 10.2. The molecule has 8 heteroatoms. The number of aromatic nitrogens is 4. The number of hydrogen-bond donors (Lipinski definition) is 2. The van der Waals surface area contributed by atoms with Crippen LogP contribution in [0.5, 0.6) is 0 Å². The van der Waals surface area contributed by atoms with E-state index in [4.69, 9.17) is 0 Å². The zero-order chi connectivity index (χ0) is 22.9. The van der Waals surface area contributed by atoms with E-state index in [-0.39, 0.29) is 11.9 Å². The molecule has 0 saturated carbocycles. The monoisotopic (exact) mass is 464 g/mol. The standard InChI is InChI=1S/C26H20N6OS/c33-24-11-8-19(30-24)6-9-21-13-22-25(34-21)26(28-16-27-22)31-20-7-10-23-18(12-20)14-29-32(23)15-17-4-2-1-3-5-17/h1-5,7,10,12-14,16,19H,8,11,15H2,(H,30,33)(H,27,28,31)/t19-/m0/s1. The van der Waals surface area contributed by atoms with E-state index in [1.54, 1.807) is 17.7 Å². The van der Waals surface area contributed by atoms with Gasteiger partial charge in [0.05, 0.1) is 39.4 Å². The molecule has 6 rings (SSSR count). The molecule has 5 aromatic rings. The van der Waals surface area contributed by atoms with E-state index >= 15 is 0 Å². The highest BCUT2D eigenvalue weighted by Gasteiger charge is 2.18. The minimum atomic E-state index is -0.0732. The molecule has 1 aliphatic heterocycles. The lowest BCUT2D eigenvalue weighted by Gasteiger charge is -2.07. The van der Waals surface area contributed by atoms with Gasteiger partial charge >= 0.3 is 0 Å². The predicted molar refractivity (Wildman–Crippen MR) is 134 cm³/mol. The molecule has 0 aliphatic carbocycles. The number of carbonyl (C=O) groups excluding carboxylic acids is 1. The van der Waals surface area contributed by atoms with Crippen LogP contribution in [0.3, 0.4) is 0 Å². The highest BCUT2D eigenvalue weighted by atomic mass is 32.1. The summed E-state index contributed by atoms with van der Waals surface area (Å²) in [5, 5.41) is 11.9. The third kappa shape index (κ3) is 4.09. The second kappa shape index (κ2) is 8.61. The average Bonchev–Trinajstić information content (AvgIpc) is 3.57. The van der Waals surface area contributed by atoms with Crippen molar-refractivity contribution in [3.05, 3.63) is 77.6 Å². The molecule has 2 aromatic carbocycles. The lowest BCUT2D eigenvalue weighted by molar-refractivity contribution is -0.119. The maximum absolute atomic E-state index is 11.4. The van der Waals surface area contributed by atoms with Crippen LogP contribution >= 0.6 is 11.3 Å². The highest BCUT2D eigenvalue weighted by molar-refractivity contribution is 7.20. The molecule has 166 valence electrons. The Bertz CT molecular complexity index is 1580. The Morgan fingerprint density at radius 1 is 1.15 bits per heavy atom. The summed E-state index contributed by atoms with van der Waals surface area (Å²) in [6.45, 7) is 0.729. The first-order valence-corrected chi connectivity index (χ1v) is 11.8. The molecular formula is C26H20N6OS. The third-order valence-electron chi connectivity index (χ3n) is 5.76. The van der Waals surface area contributed by atoms with Crippen LogP contribution in [-0.4, -0.2) is 31.7 Å². The summed E-state index contributed by atoms with van der Waals surface area (Å²) in [5.74, 6) is 7.14. The molecule has 0 radical (unpaired) electrons. The van der Waals surface area contributed by atoms with Crippen LogP contribution in [0.2, 0.25) is 0 Å². The molecule has 4 heterocycles. The molecule has 7 nitrogen and oxygen atoms in total. The van der Waals surface area contributed by atoms with Crippen LogP contribution < -0.4 is 10.6 Å². The Kier molecular flexibility index (Phi) is 5.17. The molecule has 0 bridgehead atoms. The van der Waals surface area contributed by atoms with Crippen LogP contribution in [-0.2, 0) is 11.3 Å². The van der Waals surface area contributed by atoms with Gasteiger partial charge < -0.3 is 10.6 Å². The number of rotatable bonds is 4. The number of thiophene rings is 1. The average molecular weight is 465 g/mol. The highest BCUT2D eigenvalue weighted by Crippen LogP contribution is 2.31. The number of nitrogens with zero attached hydrogens (tertiary/aromatic N) is 4. The molecule has 1 amide bonds. The van der Waals surface area contributed by atoms with Crippen molar-refractivity contribution in [1.29, 1.82) is 0 Å². The Morgan fingerprint density at radius 3 is 2.91 bits per heavy atom. The minimum Gasteiger partial charge on any atom is -0.342 e. The van der Waals surface area contributed by atoms with Crippen LogP contribution in [0.15, 0.2) is 67.1 Å². The lowest BCUT2D eigenvalue weighted by Crippen LogP contribution is -2.23. The molecular weight excluding hydrogens is 444 g/mol. The quantitative estimate of drug-likeness (QED) is 0.384. The zero-order valence-corrected chi connectivity index (χ0v) is 19.0. The zero-order valence-electron chi connectivity index (χ0n) is 18.2. The summed E-state index contributed by atoms with van der Waals surface area (Å²) in [4.78, 5) is 21.1. The molecule has 1 aliphatic rings. The topological polar surface area (TPSA) is 84.7 Å². The second-order valence-corrected chi connectivity index (χ2v) is 9.21. The predicted octanol–water partition coefficient (Wildman–Crippen LogP) is 4.46. The minimum absolute atomic E-state index is 0.0653. The maximum atomic E-state index is 11.4.